The molecule has 1 aliphatic heterocycles. The van der Waals surface area contributed by atoms with Crippen LogP contribution in [-0.4, -0.2) is 49.1 Å². The zero-order valence-corrected chi connectivity index (χ0v) is 12.8. The van der Waals surface area contributed by atoms with Crippen LogP contribution in [-0.2, 0) is 0 Å². The summed E-state index contributed by atoms with van der Waals surface area (Å²) in [6.07, 6.45) is 2.73. The summed E-state index contributed by atoms with van der Waals surface area (Å²) in [5.74, 6) is 0.819. The second-order valence-corrected chi connectivity index (χ2v) is 6.52. The summed E-state index contributed by atoms with van der Waals surface area (Å²) >= 11 is 0. The Hall–Kier alpha value is -0.900. The second-order valence-electron chi connectivity index (χ2n) is 6.52. The van der Waals surface area contributed by atoms with E-state index in [9.17, 15) is 0 Å². The second kappa shape index (κ2) is 5.84. The van der Waals surface area contributed by atoms with Gasteiger partial charge in [-0.05, 0) is 43.9 Å². The van der Waals surface area contributed by atoms with Gasteiger partial charge in [-0.1, -0.05) is 24.3 Å². The zero-order chi connectivity index (χ0) is 14.1. The van der Waals surface area contributed by atoms with Crippen LogP contribution >= 0.6 is 0 Å². The number of piperazine rings is 1. The fourth-order valence-electron chi connectivity index (χ4n) is 3.29. The van der Waals surface area contributed by atoms with Crippen molar-refractivity contribution in [3.05, 3.63) is 35.4 Å². The maximum absolute atomic E-state index is 6.10. The summed E-state index contributed by atoms with van der Waals surface area (Å²) in [7, 11) is 2.22. The molecule has 110 valence electrons. The molecule has 1 saturated carbocycles. The van der Waals surface area contributed by atoms with Crippen molar-refractivity contribution < 1.29 is 0 Å². The quantitative estimate of drug-likeness (QED) is 0.913. The largest absolute Gasteiger partial charge is 0.329 e. The minimum Gasteiger partial charge on any atom is -0.329 e. The first kappa shape index (κ1) is 14.1. The highest BCUT2D eigenvalue weighted by molar-refractivity contribution is 5.31. The van der Waals surface area contributed by atoms with E-state index >= 15 is 0 Å². The van der Waals surface area contributed by atoms with E-state index in [2.05, 4.69) is 48.0 Å². The maximum Gasteiger partial charge on any atom is 0.0471 e. The Morgan fingerprint density at radius 1 is 1.30 bits per heavy atom. The molecule has 3 heteroatoms. The van der Waals surface area contributed by atoms with Crippen LogP contribution in [0.1, 0.15) is 42.9 Å². The molecule has 1 aromatic carbocycles. The summed E-state index contributed by atoms with van der Waals surface area (Å²) in [4.78, 5) is 5.00. The molecule has 2 aliphatic rings. The molecule has 20 heavy (non-hydrogen) atoms. The lowest BCUT2D eigenvalue weighted by atomic mass is 9.99. The summed E-state index contributed by atoms with van der Waals surface area (Å²) in [6.45, 7) is 6.40. The SMILES string of the molecule is CC1CN(C(CN)c2cccc(C3CC3)c2)CCN1C. The average Bonchev–Trinajstić information content (AvgIpc) is 3.28. The molecule has 0 bridgehead atoms. The fourth-order valence-corrected chi connectivity index (χ4v) is 3.29. The van der Waals surface area contributed by atoms with E-state index in [4.69, 9.17) is 5.73 Å². The Balaban J connectivity index is 1.77. The van der Waals surface area contributed by atoms with E-state index in [1.54, 1.807) is 0 Å². The standard InChI is InChI=1S/C17H27N3/c1-13-12-20(9-8-19(13)2)17(11-18)16-5-3-4-15(10-16)14-6-7-14/h3-5,10,13-14,17H,6-9,11-12,18H2,1-2H3. The third kappa shape index (κ3) is 2.90. The van der Waals surface area contributed by atoms with Crippen molar-refractivity contribution in [1.29, 1.82) is 0 Å². The van der Waals surface area contributed by atoms with Crippen molar-refractivity contribution in [2.75, 3.05) is 33.2 Å². The molecule has 1 saturated heterocycles. The number of likely N-dealkylation sites (N-methyl/N-ethyl adjacent to an activating group) is 1. The number of hydrogen-bond donors (Lipinski definition) is 1. The van der Waals surface area contributed by atoms with Crippen LogP contribution in [0.5, 0.6) is 0 Å². The van der Waals surface area contributed by atoms with Gasteiger partial charge in [0.25, 0.3) is 0 Å². The Bertz CT molecular complexity index is 455. The van der Waals surface area contributed by atoms with Gasteiger partial charge in [-0.2, -0.15) is 0 Å². The van der Waals surface area contributed by atoms with E-state index in [1.807, 2.05) is 0 Å². The predicted molar refractivity (Wildman–Crippen MR) is 83.9 cm³/mol. The molecule has 3 rings (SSSR count). The van der Waals surface area contributed by atoms with Crippen molar-refractivity contribution in [2.45, 2.75) is 37.8 Å². The number of nitrogens with zero attached hydrogens (tertiary/aromatic N) is 2. The van der Waals surface area contributed by atoms with Gasteiger partial charge < -0.3 is 10.6 Å². The molecular formula is C17H27N3. The molecule has 3 nitrogen and oxygen atoms in total. The molecule has 2 N–H and O–H groups in total. The molecule has 1 heterocycles. The molecular weight excluding hydrogens is 246 g/mol. The van der Waals surface area contributed by atoms with Gasteiger partial charge in [0.15, 0.2) is 0 Å². The van der Waals surface area contributed by atoms with E-state index in [1.165, 1.54) is 24.0 Å². The highest BCUT2D eigenvalue weighted by atomic mass is 15.3. The lowest BCUT2D eigenvalue weighted by Crippen LogP contribution is -2.52. The normalized spacial score (nSPS) is 26.6. The van der Waals surface area contributed by atoms with Crippen LogP contribution in [0.25, 0.3) is 0 Å². The van der Waals surface area contributed by atoms with Crippen molar-refractivity contribution >= 4 is 0 Å². The highest BCUT2D eigenvalue weighted by Crippen LogP contribution is 2.40. The molecule has 2 atom stereocenters. The summed E-state index contributed by atoms with van der Waals surface area (Å²) < 4.78 is 0. The predicted octanol–water partition coefficient (Wildman–Crippen LogP) is 2.20. The van der Waals surface area contributed by atoms with Crippen molar-refractivity contribution in [2.24, 2.45) is 5.73 Å². The highest BCUT2D eigenvalue weighted by Gasteiger charge is 2.28. The Morgan fingerprint density at radius 3 is 2.75 bits per heavy atom. The third-order valence-electron chi connectivity index (χ3n) is 5.00. The van der Waals surface area contributed by atoms with E-state index < -0.39 is 0 Å². The fraction of sp³-hybridized carbons (Fsp3) is 0.647. The molecule has 0 spiro atoms. The van der Waals surface area contributed by atoms with Crippen molar-refractivity contribution in [3.8, 4) is 0 Å². The number of nitrogens with two attached hydrogens (primary N) is 1. The minimum atomic E-state index is 0.379. The first-order chi connectivity index (χ1) is 9.69. The number of hydrogen-bond acceptors (Lipinski definition) is 3. The molecule has 0 amide bonds. The summed E-state index contributed by atoms with van der Waals surface area (Å²) in [5.41, 5.74) is 9.03. The first-order valence-corrected chi connectivity index (χ1v) is 7.93. The summed E-state index contributed by atoms with van der Waals surface area (Å²) in [5, 5.41) is 0. The topological polar surface area (TPSA) is 32.5 Å². The van der Waals surface area contributed by atoms with Gasteiger partial charge >= 0.3 is 0 Å². The minimum absolute atomic E-state index is 0.379. The van der Waals surface area contributed by atoms with Crippen molar-refractivity contribution in [1.82, 2.24) is 9.80 Å². The van der Waals surface area contributed by atoms with Gasteiger partial charge in [-0.15, -0.1) is 0 Å². The smallest absolute Gasteiger partial charge is 0.0471 e. The summed E-state index contributed by atoms with van der Waals surface area (Å²) in [6, 6.07) is 10.1. The van der Waals surface area contributed by atoms with Crippen molar-refractivity contribution in [3.63, 3.8) is 0 Å². The lowest BCUT2D eigenvalue weighted by Gasteiger charge is -2.41. The van der Waals surface area contributed by atoms with Gasteiger partial charge in [0.2, 0.25) is 0 Å². The van der Waals surface area contributed by atoms with Crippen LogP contribution < -0.4 is 5.73 Å². The molecule has 1 aliphatic carbocycles. The zero-order valence-electron chi connectivity index (χ0n) is 12.8. The van der Waals surface area contributed by atoms with E-state index in [0.717, 1.165) is 25.6 Å². The monoisotopic (exact) mass is 273 g/mol. The number of benzene rings is 1. The number of rotatable bonds is 4. The van der Waals surface area contributed by atoms with Gasteiger partial charge in [-0.25, -0.2) is 0 Å². The van der Waals surface area contributed by atoms with Crippen LogP contribution in [0, 0.1) is 0 Å². The third-order valence-corrected chi connectivity index (χ3v) is 5.00. The van der Waals surface area contributed by atoms with Crippen LogP contribution in [0.2, 0.25) is 0 Å². The van der Waals surface area contributed by atoms with Crippen LogP contribution in [0.3, 0.4) is 0 Å². The molecule has 2 fully saturated rings. The molecule has 2 unspecified atom stereocenters. The Labute approximate surface area is 122 Å². The Morgan fingerprint density at radius 2 is 2.10 bits per heavy atom. The molecule has 0 aromatic heterocycles. The molecule has 0 radical (unpaired) electrons. The first-order valence-electron chi connectivity index (χ1n) is 7.93. The average molecular weight is 273 g/mol. The molecule has 1 aromatic rings. The van der Waals surface area contributed by atoms with Gasteiger partial charge in [0, 0.05) is 38.3 Å². The lowest BCUT2D eigenvalue weighted by molar-refractivity contribution is 0.0741. The Kier molecular flexibility index (Phi) is 4.11. The van der Waals surface area contributed by atoms with E-state index in [0.29, 0.717) is 18.6 Å². The van der Waals surface area contributed by atoms with Gasteiger partial charge in [0.05, 0.1) is 0 Å². The van der Waals surface area contributed by atoms with Gasteiger partial charge in [0.1, 0.15) is 0 Å². The van der Waals surface area contributed by atoms with Crippen LogP contribution in [0.4, 0.5) is 0 Å². The van der Waals surface area contributed by atoms with Gasteiger partial charge in [-0.3, -0.25) is 4.90 Å². The van der Waals surface area contributed by atoms with E-state index in [-0.39, 0.29) is 0 Å². The maximum atomic E-state index is 6.10. The van der Waals surface area contributed by atoms with Crippen LogP contribution in [0.15, 0.2) is 24.3 Å².